The summed E-state index contributed by atoms with van der Waals surface area (Å²) in [6.07, 6.45) is 0. The maximum Gasteiger partial charge on any atom is 0.257 e. The van der Waals surface area contributed by atoms with E-state index in [0.29, 0.717) is 16.8 Å². The zero-order valence-corrected chi connectivity index (χ0v) is 16.3. The summed E-state index contributed by atoms with van der Waals surface area (Å²) >= 11 is 2.17. The molecule has 3 aromatic carbocycles. The average Bonchev–Trinajstić information content (AvgIpc) is 2.64. The summed E-state index contributed by atoms with van der Waals surface area (Å²) in [7, 11) is 0. The van der Waals surface area contributed by atoms with Crippen LogP contribution >= 0.6 is 22.6 Å². The minimum Gasteiger partial charge on any atom is -0.321 e. The Morgan fingerprint density at radius 1 is 0.769 bits per heavy atom. The SMILES string of the molecule is Cc1cccc(C(=O)Nc2ccccc2C(=O)Nc2ccccc2I)c1. The number of rotatable bonds is 4. The normalized spacial score (nSPS) is 10.2. The topological polar surface area (TPSA) is 58.2 Å². The molecule has 2 N–H and O–H groups in total. The Hall–Kier alpha value is -2.67. The molecule has 0 aliphatic carbocycles. The maximum absolute atomic E-state index is 12.7. The molecule has 0 spiro atoms. The van der Waals surface area contributed by atoms with E-state index in [2.05, 4.69) is 33.2 Å². The number of amides is 2. The predicted octanol–water partition coefficient (Wildman–Crippen LogP) is 5.10. The monoisotopic (exact) mass is 456 g/mol. The Balaban J connectivity index is 1.83. The van der Waals surface area contributed by atoms with Crippen LogP contribution in [0.1, 0.15) is 26.3 Å². The van der Waals surface area contributed by atoms with Gasteiger partial charge in [-0.1, -0.05) is 42.0 Å². The number of anilines is 2. The van der Waals surface area contributed by atoms with Crippen LogP contribution in [0, 0.1) is 10.5 Å². The van der Waals surface area contributed by atoms with Crippen molar-refractivity contribution in [2.24, 2.45) is 0 Å². The second-order valence-corrected chi connectivity index (χ2v) is 6.97. The molecule has 3 rings (SSSR count). The molecular weight excluding hydrogens is 439 g/mol. The second kappa shape index (κ2) is 8.14. The minimum absolute atomic E-state index is 0.247. The number of para-hydroxylation sites is 2. The second-order valence-electron chi connectivity index (χ2n) is 5.80. The maximum atomic E-state index is 12.7. The van der Waals surface area contributed by atoms with Gasteiger partial charge in [-0.25, -0.2) is 0 Å². The highest BCUT2D eigenvalue weighted by molar-refractivity contribution is 14.1. The molecule has 0 unspecified atom stereocenters. The van der Waals surface area contributed by atoms with Crippen LogP contribution < -0.4 is 10.6 Å². The Bertz CT molecular complexity index is 969. The van der Waals surface area contributed by atoms with Gasteiger partial charge < -0.3 is 10.6 Å². The van der Waals surface area contributed by atoms with Crippen molar-refractivity contribution >= 4 is 45.8 Å². The standard InChI is InChI=1S/C21H17IN2O2/c1-14-7-6-8-15(13-14)20(25)23-18-11-4-2-9-16(18)21(26)24-19-12-5-3-10-17(19)22/h2-13H,1H3,(H,23,25)(H,24,26). The van der Waals surface area contributed by atoms with Gasteiger partial charge in [0.05, 0.1) is 16.9 Å². The van der Waals surface area contributed by atoms with Crippen molar-refractivity contribution in [1.29, 1.82) is 0 Å². The summed E-state index contributed by atoms with van der Waals surface area (Å²) in [6, 6.07) is 21.8. The zero-order chi connectivity index (χ0) is 18.5. The number of aryl methyl sites for hydroxylation is 1. The lowest BCUT2D eigenvalue weighted by molar-refractivity contribution is 0.102. The summed E-state index contributed by atoms with van der Waals surface area (Å²) in [5.41, 5.74) is 3.17. The Morgan fingerprint density at radius 3 is 2.15 bits per heavy atom. The first-order valence-electron chi connectivity index (χ1n) is 8.07. The van der Waals surface area contributed by atoms with Crippen molar-refractivity contribution in [3.05, 3.63) is 93.1 Å². The third-order valence-electron chi connectivity index (χ3n) is 3.82. The fourth-order valence-electron chi connectivity index (χ4n) is 2.52. The first kappa shape index (κ1) is 18.1. The number of benzene rings is 3. The highest BCUT2D eigenvalue weighted by atomic mass is 127. The quantitative estimate of drug-likeness (QED) is 0.537. The molecule has 0 saturated heterocycles. The van der Waals surface area contributed by atoms with Gasteiger partial charge >= 0.3 is 0 Å². The molecule has 26 heavy (non-hydrogen) atoms. The molecule has 3 aromatic rings. The molecule has 4 nitrogen and oxygen atoms in total. The molecule has 130 valence electrons. The van der Waals surface area contributed by atoms with Crippen molar-refractivity contribution in [2.75, 3.05) is 10.6 Å². The van der Waals surface area contributed by atoms with Crippen molar-refractivity contribution in [3.63, 3.8) is 0 Å². The lowest BCUT2D eigenvalue weighted by atomic mass is 10.1. The van der Waals surface area contributed by atoms with Gasteiger partial charge in [-0.3, -0.25) is 9.59 Å². The van der Waals surface area contributed by atoms with Gasteiger partial charge in [0.1, 0.15) is 0 Å². The number of hydrogen-bond acceptors (Lipinski definition) is 2. The summed E-state index contributed by atoms with van der Waals surface area (Å²) in [4.78, 5) is 25.2. The highest BCUT2D eigenvalue weighted by Gasteiger charge is 2.15. The molecule has 0 fully saturated rings. The first-order chi connectivity index (χ1) is 12.5. The molecule has 2 amide bonds. The van der Waals surface area contributed by atoms with Crippen LogP contribution in [0.3, 0.4) is 0 Å². The molecule has 0 aliphatic heterocycles. The van der Waals surface area contributed by atoms with E-state index in [9.17, 15) is 9.59 Å². The predicted molar refractivity (Wildman–Crippen MR) is 113 cm³/mol. The summed E-state index contributed by atoms with van der Waals surface area (Å²) in [5.74, 6) is -0.516. The van der Waals surface area contributed by atoms with E-state index in [1.165, 1.54) is 0 Å². The molecule has 0 saturated carbocycles. The highest BCUT2D eigenvalue weighted by Crippen LogP contribution is 2.21. The van der Waals surface area contributed by atoms with Crippen molar-refractivity contribution in [2.45, 2.75) is 6.92 Å². The van der Waals surface area contributed by atoms with Gasteiger partial charge in [-0.15, -0.1) is 0 Å². The van der Waals surface area contributed by atoms with Gasteiger partial charge in [-0.05, 0) is 65.9 Å². The van der Waals surface area contributed by atoms with Crippen molar-refractivity contribution in [1.82, 2.24) is 0 Å². The van der Waals surface area contributed by atoms with Gasteiger partial charge in [0.15, 0.2) is 0 Å². The van der Waals surface area contributed by atoms with Crippen LogP contribution in [-0.4, -0.2) is 11.8 Å². The number of halogens is 1. The molecule has 0 atom stereocenters. The lowest BCUT2D eigenvalue weighted by Gasteiger charge is -2.12. The largest absolute Gasteiger partial charge is 0.321 e. The Morgan fingerprint density at radius 2 is 1.42 bits per heavy atom. The lowest BCUT2D eigenvalue weighted by Crippen LogP contribution is -2.18. The molecule has 0 radical (unpaired) electrons. The summed E-state index contributed by atoms with van der Waals surface area (Å²) in [5, 5.41) is 5.72. The molecule has 5 heteroatoms. The number of carbonyl (C=O) groups excluding carboxylic acids is 2. The van der Waals surface area contributed by atoms with E-state index in [1.807, 2.05) is 49.4 Å². The van der Waals surface area contributed by atoms with Gasteiger partial charge in [0.25, 0.3) is 11.8 Å². The van der Waals surface area contributed by atoms with Gasteiger partial charge in [-0.2, -0.15) is 0 Å². The fourth-order valence-corrected chi connectivity index (χ4v) is 3.05. The van der Waals surface area contributed by atoms with Crippen LogP contribution in [-0.2, 0) is 0 Å². The fraction of sp³-hybridized carbons (Fsp3) is 0.0476. The van der Waals surface area contributed by atoms with E-state index >= 15 is 0 Å². The van der Waals surface area contributed by atoms with E-state index in [4.69, 9.17) is 0 Å². The van der Waals surface area contributed by atoms with Gasteiger partial charge in [0, 0.05) is 9.13 Å². The Labute approximate surface area is 165 Å². The van der Waals surface area contributed by atoms with E-state index < -0.39 is 0 Å². The van der Waals surface area contributed by atoms with E-state index in [1.54, 1.807) is 30.3 Å². The van der Waals surface area contributed by atoms with Crippen LogP contribution in [0.2, 0.25) is 0 Å². The Kier molecular flexibility index (Phi) is 5.68. The summed E-state index contributed by atoms with van der Waals surface area (Å²) < 4.78 is 0.944. The number of hydrogen-bond donors (Lipinski definition) is 2. The third kappa shape index (κ3) is 4.29. The van der Waals surface area contributed by atoms with Crippen molar-refractivity contribution in [3.8, 4) is 0 Å². The molecular formula is C21H17IN2O2. The number of carbonyl (C=O) groups is 2. The smallest absolute Gasteiger partial charge is 0.257 e. The van der Waals surface area contributed by atoms with Crippen LogP contribution in [0.4, 0.5) is 11.4 Å². The van der Waals surface area contributed by atoms with Crippen LogP contribution in [0.25, 0.3) is 0 Å². The molecule has 0 bridgehead atoms. The van der Waals surface area contributed by atoms with Crippen molar-refractivity contribution < 1.29 is 9.59 Å². The minimum atomic E-state index is -0.269. The zero-order valence-electron chi connectivity index (χ0n) is 14.1. The molecule has 0 aromatic heterocycles. The van der Waals surface area contributed by atoms with E-state index in [0.717, 1.165) is 14.8 Å². The van der Waals surface area contributed by atoms with E-state index in [-0.39, 0.29) is 11.8 Å². The van der Waals surface area contributed by atoms with Crippen LogP contribution in [0.15, 0.2) is 72.8 Å². The average molecular weight is 456 g/mol. The summed E-state index contributed by atoms with van der Waals surface area (Å²) in [6.45, 7) is 1.93. The molecule has 0 heterocycles. The van der Waals surface area contributed by atoms with Gasteiger partial charge in [0.2, 0.25) is 0 Å². The first-order valence-corrected chi connectivity index (χ1v) is 9.15. The third-order valence-corrected chi connectivity index (χ3v) is 4.76. The number of nitrogens with one attached hydrogen (secondary N) is 2. The van der Waals surface area contributed by atoms with Crippen LogP contribution in [0.5, 0.6) is 0 Å². The molecule has 0 aliphatic rings.